The van der Waals surface area contributed by atoms with Crippen LogP contribution >= 0.6 is 0 Å². The monoisotopic (exact) mass is 583 g/mol. The lowest BCUT2D eigenvalue weighted by Gasteiger charge is -2.66. The Labute approximate surface area is 253 Å². The Morgan fingerprint density at radius 1 is 1.05 bits per heavy atom. The molecule has 0 bridgehead atoms. The van der Waals surface area contributed by atoms with Crippen LogP contribution in [0, 0.1) is 23.2 Å². The van der Waals surface area contributed by atoms with E-state index in [2.05, 4.69) is 58.0 Å². The summed E-state index contributed by atoms with van der Waals surface area (Å²) in [6.07, 6.45) is 3.15. The van der Waals surface area contributed by atoms with Crippen molar-refractivity contribution < 1.29 is 24.4 Å². The molecule has 0 radical (unpaired) electrons. The summed E-state index contributed by atoms with van der Waals surface area (Å²) in [6, 6.07) is 4.63. The molecule has 8 aliphatic rings. The number of aromatic amines is 1. The predicted octanol–water partition coefficient (Wildman–Crippen LogP) is 5.90. The minimum atomic E-state index is -1.15. The highest BCUT2D eigenvalue weighted by atomic mass is 16.7. The molecule has 4 heterocycles. The van der Waals surface area contributed by atoms with Crippen LogP contribution < -0.4 is 0 Å². The zero-order chi connectivity index (χ0) is 29.8. The summed E-state index contributed by atoms with van der Waals surface area (Å²) in [6.45, 7) is 19.9. The summed E-state index contributed by atoms with van der Waals surface area (Å²) >= 11 is 0. The van der Waals surface area contributed by atoms with Gasteiger partial charge in [0.2, 0.25) is 0 Å². The Hall–Kier alpha value is -1.96. The van der Waals surface area contributed by atoms with Gasteiger partial charge in [0.25, 0.3) is 0 Å². The normalized spacial score (nSPS) is 52.6. The number of ether oxygens (including phenoxy) is 3. The molecule has 228 valence electrons. The van der Waals surface area contributed by atoms with E-state index in [4.69, 9.17) is 14.2 Å². The van der Waals surface area contributed by atoms with Gasteiger partial charge < -0.3 is 29.4 Å². The molecular weight excluding hydrogens is 538 g/mol. The van der Waals surface area contributed by atoms with Gasteiger partial charge in [-0.3, -0.25) is 0 Å². The number of nitrogens with one attached hydrogen (secondary N) is 1. The van der Waals surface area contributed by atoms with Crippen molar-refractivity contribution in [2.45, 2.75) is 132 Å². The van der Waals surface area contributed by atoms with E-state index < -0.39 is 34.9 Å². The number of rotatable bonds is 1. The highest BCUT2D eigenvalue weighted by molar-refractivity contribution is 5.92. The van der Waals surface area contributed by atoms with Crippen molar-refractivity contribution in [3.05, 3.63) is 58.8 Å². The smallest absolute Gasteiger partial charge is 0.153 e. The van der Waals surface area contributed by atoms with E-state index in [0.717, 1.165) is 37.7 Å². The van der Waals surface area contributed by atoms with Gasteiger partial charge in [-0.2, -0.15) is 0 Å². The number of fused-ring (bicyclic) bond motifs is 5. The fraction of sp³-hybridized carbons (Fsp3) is 0.676. The quantitative estimate of drug-likeness (QED) is 0.287. The maximum Gasteiger partial charge on any atom is 0.153 e. The molecule has 3 aliphatic heterocycles. The number of epoxide rings is 1. The van der Waals surface area contributed by atoms with E-state index in [0.29, 0.717) is 24.2 Å². The second-order valence-corrected chi connectivity index (χ2v) is 16.7. The van der Waals surface area contributed by atoms with Crippen molar-refractivity contribution in [3.63, 3.8) is 0 Å². The molecule has 43 heavy (non-hydrogen) atoms. The van der Waals surface area contributed by atoms with Gasteiger partial charge >= 0.3 is 0 Å². The van der Waals surface area contributed by atoms with E-state index in [1.807, 2.05) is 6.92 Å². The molecular formula is C37H45NO5. The van der Waals surface area contributed by atoms with E-state index in [1.54, 1.807) is 5.56 Å². The molecule has 2 aromatic rings. The van der Waals surface area contributed by atoms with E-state index in [9.17, 15) is 10.2 Å². The van der Waals surface area contributed by atoms with Crippen LogP contribution in [0.15, 0.2) is 36.4 Å². The molecule has 6 heteroatoms. The van der Waals surface area contributed by atoms with Crippen LogP contribution in [-0.2, 0) is 26.0 Å². The summed E-state index contributed by atoms with van der Waals surface area (Å²) in [7, 11) is 0. The minimum Gasteiger partial charge on any atom is -0.387 e. The fourth-order valence-corrected chi connectivity index (χ4v) is 12.7. The largest absolute Gasteiger partial charge is 0.387 e. The van der Waals surface area contributed by atoms with E-state index in [-0.39, 0.29) is 29.1 Å². The Morgan fingerprint density at radius 3 is 2.60 bits per heavy atom. The molecule has 3 N–H and O–H groups in total. The SMILES string of the molecule is C=C1Cc2ccc3[nH]c4c5c3c2C2C1CC2C(C)(C)OC5C1CCC2(O)C35OC3C(O)C(C(=C)C)OC5CCC2(C)C41C. The molecule has 3 saturated carbocycles. The van der Waals surface area contributed by atoms with Gasteiger partial charge in [0.05, 0.1) is 17.8 Å². The van der Waals surface area contributed by atoms with Gasteiger partial charge in [0.1, 0.15) is 23.9 Å². The lowest BCUT2D eigenvalue weighted by Crippen LogP contribution is -2.76. The Bertz CT molecular complexity index is 1690. The number of aromatic nitrogens is 1. The maximum atomic E-state index is 13.2. The molecule has 6 nitrogen and oxygen atoms in total. The van der Waals surface area contributed by atoms with Crippen molar-refractivity contribution in [1.29, 1.82) is 0 Å². The van der Waals surface area contributed by atoms with Crippen LogP contribution in [0.25, 0.3) is 10.9 Å². The number of aliphatic hydroxyl groups is 2. The number of hydrogen-bond donors (Lipinski definition) is 3. The third-order valence-electron chi connectivity index (χ3n) is 15.0. The number of benzene rings is 1. The Balaban J connectivity index is 1.19. The van der Waals surface area contributed by atoms with Crippen molar-refractivity contribution in [2.24, 2.45) is 23.2 Å². The second-order valence-electron chi connectivity index (χ2n) is 16.7. The Kier molecular flexibility index (Phi) is 4.50. The molecule has 13 unspecified atom stereocenters. The van der Waals surface area contributed by atoms with Crippen LogP contribution in [-0.4, -0.2) is 56.4 Å². The van der Waals surface area contributed by atoms with Gasteiger partial charge in [-0.1, -0.05) is 38.6 Å². The summed E-state index contributed by atoms with van der Waals surface area (Å²) < 4.78 is 20.5. The average Bonchev–Trinajstić information content (AvgIpc) is 3.51. The minimum absolute atomic E-state index is 0.0334. The lowest BCUT2D eigenvalue weighted by atomic mass is 9.40. The van der Waals surface area contributed by atoms with Crippen molar-refractivity contribution in [1.82, 2.24) is 4.98 Å². The third-order valence-corrected chi connectivity index (χ3v) is 15.0. The molecule has 1 spiro atoms. The Morgan fingerprint density at radius 2 is 1.84 bits per heavy atom. The highest BCUT2D eigenvalue weighted by Crippen LogP contribution is 2.77. The van der Waals surface area contributed by atoms with Crippen molar-refractivity contribution in [2.75, 3.05) is 0 Å². The van der Waals surface area contributed by atoms with Gasteiger partial charge in [-0.15, -0.1) is 0 Å². The number of H-pyrrole nitrogens is 1. The van der Waals surface area contributed by atoms with Crippen LogP contribution in [0.2, 0.25) is 0 Å². The third kappa shape index (κ3) is 2.51. The van der Waals surface area contributed by atoms with Crippen molar-refractivity contribution >= 4 is 10.9 Å². The average molecular weight is 584 g/mol. The van der Waals surface area contributed by atoms with Gasteiger partial charge in [-0.05, 0) is 99.8 Å². The number of aliphatic hydroxyl groups excluding tert-OH is 1. The number of hydrogen-bond acceptors (Lipinski definition) is 5. The van der Waals surface area contributed by atoms with Crippen LogP contribution in [0.1, 0.15) is 101 Å². The second kappa shape index (κ2) is 7.36. The molecule has 2 saturated heterocycles. The van der Waals surface area contributed by atoms with Crippen LogP contribution in [0.3, 0.4) is 0 Å². The molecule has 1 aromatic carbocycles. The standard InChI is InChI=1S/C37H45NO5/c1-16(2)29-28(39)32-37(43-32)23(41-29)11-12-34(6)35(7)20(10-13-36(34,37)40)30-27-26-22(38-31(27)35)9-8-18-14-17(3)19-15-21(25(19)24(18)26)33(4,5)42-30/h8-9,19-21,23,25,28-30,32,38-40H,1,3,10-15H2,2,4-7H3. The van der Waals surface area contributed by atoms with Gasteiger partial charge in [0.15, 0.2) is 5.60 Å². The lowest BCUT2D eigenvalue weighted by molar-refractivity contribution is -0.274. The topological polar surface area (TPSA) is 87.2 Å². The summed E-state index contributed by atoms with van der Waals surface area (Å²) in [5.41, 5.74) is 5.78. The summed E-state index contributed by atoms with van der Waals surface area (Å²) in [5, 5.41) is 26.0. The number of allylic oxidation sites excluding steroid dienone is 1. The molecule has 1 aromatic heterocycles. The first-order valence-electron chi connectivity index (χ1n) is 16.7. The van der Waals surface area contributed by atoms with E-state index >= 15 is 0 Å². The molecule has 0 amide bonds. The van der Waals surface area contributed by atoms with Gasteiger partial charge in [-0.25, -0.2) is 0 Å². The zero-order valence-electron chi connectivity index (χ0n) is 26.1. The molecule has 10 rings (SSSR count). The predicted molar refractivity (Wildman–Crippen MR) is 163 cm³/mol. The highest BCUT2D eigenvalue weighted by Gasteiger charge is 2.86. The molecule has 13 atom stereocenters. The zero-order valence-corrected chi connectivity index (χ0v) is 26.1. The molecule has 5 fully saturated rings. The maximum absolute atomic E-state index is 13.2. The summed E-state index contributed by atoms with van der Waals surface area (Å²) in [4.78, 5) is 4.00. The first kappa shape index (κ1) is 26.3. The van der Waals surface area contributed by atoms with E-state index in [1.165, 1.54) is 33.3 Å². The fourth-order valence-electron chi connectivity index (χ4n) is 12.7. The van der Waals surface area contributed by atoms with Crippen molar-refractivity contribution in [3.8, 4) is 0 Å². The first-order valence-corrected chi connectivity index (χ1v) is 16.7. The first-order chi connectivity index (χ1) is 20.3. The molecule has 5 aliphatic carbocycles. The summed E-state index contributed by atoms with van der Waals surface area (Å²) in [5.74, 6) is 1.68. The van der Waals surface area contributed by atoms with Gasteiger partial charge in [0, 0.05) is 38.9 Å². The van der Waals surface area contributed by atoms with Crippen LogP contribution in [0.5, 0.6) is 0 Å². The van der Waals surface area contributed by atoms with Crippen LogP contribution in [0.4, 0.5) is 0 Å².